The Balaban J connectivity index is 1.82. The number of anilines is 1. The van der Waals surface area contributed by atoms with Crippen LogP contribution in [0.25, 0.3) is 0 Å². The minimum absolute atomic E-state index is 0.0682. The summed E-state index contributed by atoms with van der Waals surface area (Å²) in [5, 5.41) is 0. The SMILES string of the molecule is CCC1CCCCN1c1nc(C)cc(C(=O)N2CCC(C)CC2)n1. The third-order valence-corrected chi connectivity index (χ3v) is 5.49. The van der Waals surface area contributed by atoms with Crippen LogP contribution < -0.4 is 4.90 Å². The Morgan fingerprint density at radius 1 is 1.17 bits per heavy atom. The zero-order valence-corrected chi connectivity index (χ0v) is 15.3. The number of rotatable bonds is 3. The Labute approximate surface area is 145 Å². The summed E-state index contributed by atoms with van der Waals surface area (Å²) in [7, 11) is 0. The van der Waals surface area contributed by atoms with Gasteiger partial charge in [0.25, 0.3) is 5.91 Å². The van der Waals surface area contributed by atoms with E-state index in [1.165, 1.54) is 19.3 Å². The molecule has 3 rings (SSSR count). The fourth-order valence-electron chi connectivity index (χ4n) is 3.85. The first kappa shape index (κ1) is 17.2. The van der Waals surface area contributed by atoms with Crippen molar-refractivity contribution in [1.29, 1.82) is 0 Å². The highest BCUT2D eigenvalue weighted by molar-refractivity contribution is 5.92. The number of aryl methyl sites for hydroxylation is 1. The Hall–Kier alpha value is -1.65. The quantitative estimate of drug-likeness (QED) is 0.852. The molecule has 3 heterocycles. The first-order valence-corrected chi connectivity index (χ1v) is 9.50. The molecule has 1 aromatic rings. The summed E-state index contributed by atoms with van der Waals surface area (Å²) in [5.41, 5.74) is 1.45. The molecule has 5 heteroatoms. The van der Waals surface area contributed by atoms with E-state index in [9.17, 15) is 4.79 Å². The summed E-state index contributed by atoms with van der Waals surface area (Å²) in [6.07, 6.45) is 6.94. The van der Waals surface area contributed by atoms with Gasteiger partial charge in [-0.1, -0.05) is 13.8 Å². The molecule has 1 unspecified atom stereocenters. The highest BCUT2D eigenvalue weighted by Crippen LogP contribution is 2.25. The molecule has 0 spiro atoms. The minimum atomic E-state index is 0.0682. The Bertz CT molecular complexity index is 581. The number of piperidine rings is 2. The zero-order valence-electron chi connectivity index (χ0n) is 15.3. The first-order chi connectivity index (χ1) is 11.6. The molecule has 5 nitrogen and oxygen atoms in total. The molecule has 2 aliphatic rings. The van der Waals surface area contributed by atoms with E-state index in [0.717, 1.165) is 56.5 Å². The van der Waals surface area contributed by atoms with Gasteiger partial charge in [0.1, 0.15) is 5.69 Å². The maximum absolute atomic E-state index is 12.9. The van der Waals surface area contributed by atoms with Crippen LogP contribution in [0.1, 0.15) is 68.6 Å². The maximum atomic E-state index is 12.9. The van der Waals surface area contributed by atoms with E-state index in [4.69, 9.17) is 0 Å². The van der Waals surface area contributed by atoms with Crippen LogP contribution >= 0.6 is 0 Å². The van der Waals surface area contributed by atoms with E-state index in [0.29, 0.717) is 11.7 Å². The second-order valence-electron chi connectivity index (χ2n) is 7.42. The average molecular weight is 330 g/mol. The van der Waals surface area contributed by atoms with E-state index >= 15 is 0 Å². The van der Waals surface area contributed by atoms with Crippen molar-refractivity contribution in [3.05, 3.63) is 17.5 Å². The molecule has 1 aromatic heterocycles. The van der Waals surface area contributed by atoms with Crippen molar-refractivity contribution in [3.8, 4) is 0 Å². The molecule has 1 atom stereocenters. The number of amides is 1. The minimum Gasteiger partial charge on any atom is -0.338 e. The molecular weight excluding hydrogens is 300 g/mol. The molecule has 0 radical (unpaired) electrons. The van der Waals surface area contributed by atoms with Gasteiger partial charge in [0, 0.05) is 31.4 Å². The topological polar surface area (TPSA) is 49.3 Å². The molecule has 0 aromatic carbocycles. The van der Waals surface area contributed by atoms with Gasteiger partial charge in [0.15, 0.2) is 0 Å². The fraction of sp³-hybridized carbons (Fsp3) is 0.737. The second-order valence-corrected chi connectivity index (χ2v) is 7.42. The van der Waals surface area contributed by atoms with Crippen molar-refractivity contribution in [1.82, 2.24) is 14.9 Å². The van der Waals surface area contributed by atoms with Crippen molar-refractivity contribution in [2.24, 2.45) is 5.92 Å². The van der Waals surface area contributed by atoms with Crippen molar-refractivity contribution in [3.63, 3.8) is 0 Å². The molecule has 0 bridgehead atoms. The summed E-state index contributed by atoms with van der Waals surface area (Å²) < 4.78 is 0. The molecular formula is C19H30N4O. The number of hydrogen-bond acceptors (Lipinski definition) is 4. The second kappa shape index (κ2) is 7.49. The highest BCUT2D eigenvalue weighted by atomic mass is 16.2. The molecule has 2 aliphatic heterocycles. The number of likely N-dealkylation sites (tertiary alicyclic amines) is 1. The number of carbonyl (C=O) groups is 1. The molecule has 2 fully saturated rings. The third kappa shape index (κ3) is 3.70. The molecule has 0 saturated carbocycles. The molecule has 24 heavy (non-hydrogen) atoms. The van der Waals surface area contributed by atoms with Crippen molar-refractivity contribution in [2.45, 2.75) is 65.3 Å². The van der Waals surface area contributed by atoms with Crippen LogP contribution in [0.15, 0.2) is 6.07 Å². The van der Waals surface area contributed by atoms with E-state index < -0.39 is 0 Å². The zero-order chi connectivity index (χ0) is 17.1. The van der Waals surface area contributed by atoms with Gasteiger partial charge in [0.2, 0.25) is 5.95 Å². The van der Waals surface area contributed by atoms with Gasteiger partial charge in [-0.05, 0) is 57.4 Å². The summed E-state index contributed by atoms with van der Waals surface area (Å²) in [5.74, 6) is 1.53. The first-order valence-electron chi connectivity index (χ1n) is 9.50. The normalized spacial score (nSPS) is 22.7. The molecule has 0 aliphatic carbocycles. The Kier molecular flexibility index (Phi) is 5.36. The van der Waals surface area contributed by atoms with Crippen LogP contribution in [-0.2, 0) is 0 Å². The van der Waals surface area contributed by atoms with Crippen LogP contribution in [-0.4, -0.2) is 46.5 Å². The number of aromatic nitrogens is 2. The maximum Gasteiger partial charge on any atom is 0.272 e. The van der Waals surface area contributed by atoms with Crippen LogP contribution in [0.4, 0.5) is 5.95 Å². The average Bonchev–Trinajstić information content (AvgIpc) is 2.61. The molecule has 1 amide bonds. The van der Waals surface area contributed by atoms with Gasteiger partial charge in [-0.3, -0.25) is 4.79 Å². The lowest BCUT2D eigenvalue weighted by atomic mass is 9.99. The summed E-state index contributed by atoms with van der Waals surface area (Å²) >= 11 is 0. The van der Waals surface area contributed by atoms with Gasteiger partial charge in [0.05, 0.1) is 0 Å². The lowest BCUT2D eigenvalue weighted by molar-refractivity contribution is 0.0691. The monoisotopic (exact) mass is 330 g/mol. The largest absolute Gasteiger partial charge is 0.338 e. The fourth-order valence-corrected chi connectivity index (χ4v) is 3.85. The Morgan fingerprint density at radius 2 is 1.92 bits per heavy atom. The summed E-state index contributed by atoms with van der Waals surface area (Å²) in [6, 6.07) is 2.34. The van der Waals surface area contributed by atoms with Crippen molar-refractivity contribution >= 4 is 11.9 Å². The number of hydrogen-bond donors (Lipinski definition) is 0. The predicted octanol–water partition coefficient (Wildman–Crippen LogP) is 3.43. The lowest BCUT2D eigenvalue weighted by Crippen LogP contribution is -2.41. The summed E-state index contributed by atoms with van der Waals surface area (Å²) in [6.45, 7) is 9.14. The van der Waals surface area contributed by atoms with Crippen molar-refractivity contribution in [2.75, 3.05) is 24.5 Å². The highest BCUT2D eigenvalue weighted by Gasteiger charge is 2.26. The van der Waals surface area contributed by atoms with Gasteiger partial charge >= 0.3 is 0 Å². The standard InChI is InChI=1S/C19H30N4O/c1-4-16-7-5-6-10-23(16)19-20-15(3)13-17(21-19)18(24)22-11-8-14(2)9-12-22/h13-14,16H,4-12H2,1-3H3. The molecule has 2 saturated heterocycles. The van der Waals surface area contributed by atoms with Gasteiger partial charge in [-0.2, -0.15) is 0 Å². The van der Waals surface area contributed by atoms with E-state index in [1.54, 1.807) is 0 Å². The van der Waals surface area contributed by atoms with E-state index in [2.05, 4.69) is 28.7 Å². The predicted molar refractivity (Wildman–Crippen MR) is 96.3 cm³/mol. The van der Waals surface area contributed by atoms with E-state index in [1.807, 2.05) is 17.9 Å². The van der Waals surface area contributed by atoms with Crippen LogP contribution in [0.3, 0.4) is 0 Å². The van der Waals surface area contributed by atoms with Gasteiger partial charge in [-0.15, -0.1) is 0 Å². The molecule has 132 valence electrons. The smallest absolute Gasteiger partial charge is 0.272 e. The van der Waals surface area contributed by atoms with Crippen LogP contribution in [0.5, 0.6) is 0 Å². The van der Waals surface area contributed by atoms with Crippen LogP contribution in [0, 0.1) is 12.8 Å². The van der Waals surface area contributed by atoms with E-state index in [-0.39, 0.29) is 5.91 Å². The van der Waals surface area contributed by atoms with Gasteiger partial charge in [-0.25, -0.2) is 9.97 Å². The van der Waals surface area contributed by atoms with Crippen LogP contribution in [0.2, 0.25) is 0 Å². The summed E-state index contributed by atoms with van der Waals surface area (Å²) in [4.78, 5) is 26.4. The number of nitrogens with zero attached hydrogens (tertiary/aromatic N) is 4. The number of carbonyl (C=O) groups excluding carboxylic acids is 1. The van der Waals surface area contributed by atoms with Gasteiger partial charge < -0.3 is 9.80 Å². The van der Waals surface area contributed by atoms with Crippen molar-refractivity contribution < 1.29 is 4.79 Å². The molecule has 0 N–H and O–H groups in total. The third-order valence-electron chi connectivity index (χ3n) is 5.49. The Morgan fingerprint density at radius 3 is 2.62 bits per heavy atom. The lowest BCUT2D eigenvalue weighted by Gasteiger charge is -2.35.